The molecular formula is C16H23N3O3. The second-order valence-electron chi connectivity index (χ2n) is 5.67. The average molecular weight is 305 g/mol. The van der Waals surface area contributed by atoms with E-state index in [4.69, 9.17) is 0 Å². The number of rotatable bonds is 5. The van der Waals surface area contributed by atoms with Crippen LogP contribution in [0, 0.1) is 6.92 Å². The van der Waals surface area contributed by atoms with Crippen LogP contribution in [0.1, 0.15) is 30.4 Å². The Morgan fingerprint density at radius 2 is 2.32 bits per heavy atom. The second-order valence-corrected chi connectivity index (χ2v) is 5.67. The van der Waals surface area contributed by atoms with E-state index in [2.05, 4.69) is 10.3 Å². The Labute approximate surface area is 130 Å². The number of carbonyl (C=O) groups is 2. The summed E-state index contributed by atoms with van der Waals surface area (Å²) in [5.41, 5.74) is 2.25. The molecule has 1 aromatic rings. The van der Waals surface area contributed by atoms with Crippen molar-refractivity contribution in [3.63, 3.8) is 0 Å². The van der Waals surface area contributed by atoms with Crippen molar-refractivity contribution in [3.8, 4) is 0 Å². The molecule has 2 N–H and O–H groups in total. The van der Waals surface area contributed by atoms with Crippen LogP contribution in [0.5, 0.6) is 0 Å². The summed E-state index contributed by atoms with van der Waals surface area (Å²) < 4.78 is 0. The fourth-order valence-corrected chi connectivity index (χ4v) is 2.59. The minimum Gasteiger partial charge on any atom is -0.383 e. The molecule has 6 heteroatoms. The summed E-state index contributed by atoms with van der Waals surface area (Å²) in [7, 11) is 0. The molecule has 0 aliphatic carbocycles. The summed E-state index contributed by atoms with van der Waals surface area (Å²) >= 11 is 0. The highest BCUT2D eigenvalue weighted by Gasteiger charge is 2.26. The Bertz CT molecular complexity index is 533. The van der Waals surface area contributed by atoms with Crippen LogP contribution in [-0.2, 0) is 16.0 Å². The number of aliphatic hydroxyl groups excluding tert-OH is 1. The number of aromatic nitrogens is 1. The minimum atomic E-state index is -0.963. The van der Waals surface area contributed by atoms with Crippen molar-refractivity contribution in [1.82, 2.24) is 15.2 Å². The molecule has 1 atom stereocenters. The Kier molecular flexibility index (Phi) is 5.89. The summed E-state index contributed by atoms with van der Waals surface area (Å²) in [6.45, 7) is 3.06. The van der Waals surface area contributed by atoms with Gasteiger partial charge >= 0.3 is 0 Å². The fourth-order valence-electron chi connectivity index (χ4n) is 2.59. The van der Waals surface area contributed by atoms with Crippen molar-refractivity contribution < 1.29 is 14.7 Å². The molecule has 120 valence electrons. The van der Waals surface area contributed by atoms with Crippen molar-refractivity contribution in [1.29, 1.82) is 0 Å². The van der Waals surface area contributed by atoms with Crippen LogP contribution in [0.25, 0.3) is 0 Å². The summed E-state index contributed by atoms with van der Waals surface area (Å²) in [4.78, 5) is 29.3. The predicted octanol–water partition coefficient (Wildman–Crippen LogP) is 0.422. The van der Waals surface area contributed by atoms with Gasteiger partial charge in [0.1, 0.15) is 6.10 Å². The quantitative estimate of drug-likeness (QED) is 0.826. The Balaban J connectivity index is 1.78. The lowest BCUT2D eigenvalue weighted by Gasteiger charge is -2.21. The van der Waals surface area contributed by atoms with Gasteiger partial charge in [0.15, 0.2) is 0 Å². The highest BCUT2D eigenvalue weighted by molar-refractivity contribution is 5.87. The third-order valence-corrected chi connectivity index (χ3v) is 3.94. The van der Waals surface area contributed by atoms with Crippen molar-refractivity contribution in [2.45, 2.75) is 38.7 Å². The summed E-state index contributed by atoms with van der Waals surface area (Å²) in [6.07, 6.45) is 5.43. The number of nitrogens with zero attached hydrogens (tertiary/aromatic N) is 2. The molecule has 1 unspecified atom stereocenters. The molecule has 0 spiro atoms. The lowest BCUT2D eigenvalue weighted by molar-refractivity contribution is -0.142. The number of aryl methyl sites for hydroxylation is 1. The molecule has 22 heavy (non-hydrogen) atoms. The van der Waals surface area contributed by atoms with Crippen LogP contribution in [-0.4, -0.2) is 52.5 Å². The molecule has 0 aromatic carbocycles. The first-order valence-electron chi connectivity index (χ1n) is 7.71. The van der Waals surface area contributed by atoms with Gasteiger partial charge in [-0.25, -0.2) is 0 Å². The lowest BCUT2D eigenvalue weighted by atomic mass is 10.1. The molecule has 1 aliphatic rings. The van der Waals surface area contributed by atoms with Crippen LogP contribution in [0.15, 0.2) is 18.5 Å². The third-order valence-electron chi connectivity index (χ3n) is 3.94. The first-order valence-corrected chi connectivity index (χ1v) is 7.71. The molecule has 1 aromatic heterocycles. The normalized spacial score (nSPS) is 18.9. The molecule has 1 saturated heterocycles. The highest BCUT2D eigenvalue weighted by Crippen LogP contribution is 2.11. The van der Waals surface area contributed by atoms with E-state index in [-0.39, 0.29) is 18.4 Å². The van der Waals surface area contributed by atoms with Crippen LogP contribution >= 0.6 is 0 Å². The second kappa shape index (κ2) is 7.89. The number of hydrogen-bond acceptors (Lipinski definition) is 4. The van der Waals surface area contributed by atoms with E-state index in [1.54, 1.807) is 12.4 Å². The monoisotopic (exact) mass is 305 g/mol. The average Bonchev–Trinajstić information content (AvgIpc) is 2.65. The molecule has 1 fully saturated rings. The molecule has 6 nitrogen and oxygen atoms in total. The fraction of sp³-hybridized carbons (Fsp3) is 0.562. The standard InChI is InChI=1S/C16H23N3O3/c1-12-10-17-7-5-13(12)6-8-18-15(21)11-19-9-3-2-4-14(20)16(19)22/h5,7,10,14,20H,2-4,6,8-9,11H2,1H3,(H,18,21). The molecule has 2 heterocycles. The SMILES string of the molecule is Cc1cnccc1CCNC(=O)CN1CCCCC(O)C1=O. The molecule has 1 aliphatic heterocycles. The van der Waals surface area contributed by atoms with Gasteiger partial charge in [0.2, 0.25) is 5.91 Å². The van der Waals surface area contributed by atoms with Gasteiger partial charge in [-0.3, -0.25) is 14.6 Å². The molecule has 0 bridgehead atoms. The van der Waals surface area contributed by atoms with E-state index in [9.17, 15) is 14.7 Å². The Morgan fingerprint density at radius 1 is 1.50 bits per heavy atom. The predicted molar refractivity (Wildman–Crippen MR) is 82.1 cm³/mol. The zero-order valence-electron chi connectivity index (χ0n) is 12.9. The van der Waals surface area contributed by atoms with E-state index in [1.807, 2.05) is 13.0 Å². The van der Waals surface area contributed by atoms with Gasteiger partial charge in [-0.05, 0) is 49.8 Å². The van der Waals surface area contributed by atoms with Crippen LogP contribution < -0.4 is 5.32 Å². The summed E-state index contributed by atoms with van der Waals surface area (Å²) in [5, 5.41) is 12.5. The third kappa shape index (κ3) is 4.53. The highest BCUT2D eigenvalue weighted by atomic mass is 16.3. The topological polar surface area (TPSA) is 82.5 Å². The number of hydrogen-bond donors (Lipinski definition) is 2. The van der Waals surface area contributed by atoms with E-state index >= 15 is 0 Å². The zero-order chi connectivity index (χ0) is 15.9. The molecular weight excluding hydrogens is 282 g/mol. The number of carbonyl (C=O) groups excluding carboxylic acids is 2. The van der Waals surface area contributed by atoms with Gasteiger partial charge in [-0.2, -0.15) is 0 Å². The smallest absolute Gasteiger partial charge is 0.251 e. The van der Waals surface area contributed by atoms with E-state index in [0.29, 0.717) is 19.5 Å². The van der Waals surface area contributed by atoms with Gasteiger partial charge in [0.25, 0.3) is 5.91 Å². The number of amides is 2. The summed E-state index contributed by atoms with van der Waals surface area (Å²) in [5.74, 6) is -0.521. The summed E-state index contributed by atoms with van der Waals surface area (Å²) in [6, 6.07) is 1.94. The van der Waals surface area contributed by atoms with Gasteiger partial charge in [0, 0.05) is 25.5 Å². The first kappa shape index (κ1) is 16.4. The van der Waals surface area contributed by atoms with Crippen molar-refractivity contribution in [3.05, 3.63) is 29.6 Å². The maximum absolute atomic E-state index is 12.0. The zero-order valence-corrected chi connectivity index (χ0v) is 12.9. The minimum absolute atomic E-state index is 0.0191. The Morgan fingerprint density at radius 3 is 3.09 bits per heavy atom. The van der Waals surface area contributed by atoms with Crippen LogP contribution in [0.2, 0.25) is 0 Å². The largest absolute Gasteiger partial charge is 0.383 e. The van der Waals surface area contributed by atoms with E-state index < -0.39 is 6.10 Å². The van der Waals surface area contributed by atoms with Crippen LogP contribution in [0.4, 0.5) is 0 Å². The molecule has 2 rings (SSSR count). The Hall–Kier alpha value is -1.95. The maximum atomic E-state index is 12.0. The number of aliphatic hydroxyl groups is 1. The van der Waals surface area contributed by atoms with Crippen molar-refractivity contribution >= 4 is 11.8 Å². The van der Waals surface area contributed by atoms with E-state index in [0.717, 1.165) is 30.4 Å². The number of pyridine rings is 1. The van der Waals surface area contributed by atoms with Gasteiger partial charge in [0.05, 0.1) is 6.54 Å². The number of nitrogens with one attached hydrogen (secondary N) is 1. The molecule has 2 amide bonds. The van der Waals surface area contributed by atoms with Gasteiger partial charge in [-0.1, -0.05) is 0 Å². The van der Waals surface area contributed by atoms with Crippen molar-refractivity contribution in [2.24, 2.45) is 0 Å². The lowest BCUT2D eigenvalue weighted by Crippen LogP contribution is -2.44. The van der Waals surface area contributed by atoms with Gasteiger partial charge < -0.3 is 15.3 Å². The first-order chi connectivity index (χ1) is 10.6. The maximum Gasteiger partial charge on any atom is 0.251 e. The number of likely N-dealkylation sites (tertiary alicyclic amines) is 1. The van der Waals surface area contributed by atoms with Crippen LogP contribution in [0.3, 0.4) is 0 Å². The van der Waals surface area contributed by atoms with E-state index in [1.165, 1.54) is 4.90 Å². The molecule has 0 saturated carbocycles. The van der Waals surface area contributed by atoms with Crippen molar-refractivity contribution in [2.75, 3.05) is 19.6 Å². The van der Waals surface area contributed by atoms with Gasteiger partial charge in [-0.15, -0.1) is 0 Å². The molecule has 0 radical (unpaired) electrons.